The number of nitrogens with one attached hydrogen (secondary N) is 2. The molecule has 37 heavy (non-hydrogen) atoms. The van der Waals surface area contributed by atoms with Crippen LogP contribution in [0.15, 0.2) is 79.1 Å². The number of imidazole rings is 1. The van der Waals surface area contributed by atoms with Crippen LogP contribution in [0.2, 0.25) is 0 Å². The summed E-state index contributed by atoms with van der Waals surface area (Å²) >= 11 is 0. The number of halogens is 2. The van der Waals surface area contributed by atoms with Crippen LogP contribution in [0.5, 0.6) is 0 Å². The zero-order valence-corrected chi connectivity index (χ0v) is 20.0. The van der Waals surface area contributed by atoms with Crippen molar-refractivity contribution in [2.24, 2.45) is 0 Å². The van der Waals surface area contributed by atoms with E-state index in [0.29, 0.717) is 18.1 Å². The number of amides is 1. The first-order valence-electron chi connectivity index (χ1n) is 12.3. The number of carbonyl (C=O) groups excluding carboxylic acids is 1. The van der Waals surface area contributed by atoms with E-state index in [4.69, 9.17) is 0 Å². The Labute approximate surface area is 212 Å². The van der Waals surface area contributed by atoms with Crippen LogP contribution in [0.25, 0.3) is 16.8 Å². The second-order valence-corrected chi connectivity index (χ2v) is 9.16. The molecule has 0 spiro atoms. The highest BCUT2D eigenvalue weighted by molar-refractivity contribution is 6.09. The topological polar surface area (TPSA) is 63.4 Å². The summed E-state index contributed by atoms with van der Waals surface area (Å²) in [7, 11) is 0. The molecule has 4 heterocycles. The molecule has 0 radical (unpaired) electrons. The minimum absolute atomic E-state index is 0.282. The van der Waals surface area contributed by atoms with Gasteiger partial charge >= 0.3 is 0 Å². The van der Waals surface area contributed by atoms with Crippen LogP contribution in [-0.2, 0) is 19.5 Å². The van der Waals surface area contributed by atoms with Crippen LogP contribution in [-0.4, -0.2) is 19.9 Å². The van der Waals surface area contributed by atoms with Crippen LogP contribution in [0.4, 0.5) is 20.3 Å². The molecule has 1 aliphatic heterocycles. The maximum Gasteiger partial charge on any atom is 0.274 e. The minimum atomic E-state index is -0.323. The van der Waals surface area contributed by atoms with Gasteiger partial charge in [0.05, 0.1) is 12.2 Å². The number of carbonyl (C=O) groups is 1. The third-order valence-electron chi connectivity index (χ3n) is 6.79. The Bertz CT molecular complexity index is 1570. The third kappa shape index (κ3) is 4.35. The molecular formula is C29H25F2N5O. The fourth-order valence-corrected chi connectivity index (χ4v) is 5.12. The monoisotopic (exact) mass is 497 g/mol. The van der Waals surface area contributed by atoms with E-state index >= 15 is 0 Å². The summed E-state index contributed by atoms with van der Waals surface area (Å²) in [5, 5.41) is 6.30. The second-order valence-electron chi connectivity index (χ2n) is 9.16. The first-order valence-corrected chi connectivity index (χ1v) is 12.3. The van der Waals surface area contributed by atoms with Crippen LogP contribution in [0.3, 0.4) is 0 Å². The van der Waals surface area contributed by atoms with Gasteiger partial charge in [-0.1, -0.05) is 18.2 Å². The molecule has 3 aromatic heterocycles. The Morgan fingerprint density at radius 2 is 1.70 bits per heavy atom. The molecule has 5 aromatic rings. The average Bonchev–Trinajstić information content (AvgIpc) is 3.31. The Morgan fingerprint density at radius 3 is 2.43 bits per heavy atom. The molecule has 0 bridgehead atoms. The highest BCUT2D eigenvalue weighted by Crippen LogP contribution is 2.38. The van der Waals surface area contributed by atoms with Gasteiger partial charge in [-0.3, -0.25) is 9.20 Å². The summed E-state index contributed by atoms with van der Waals surface area (Å²) in [5.41, 5.74) is 5.98. The van der Waals surface area contributed by atoms with Gasteiger partial charge in [0.15, 0.2) is 0 Å². The quantitative estimate of drug-likeness (QED) is 0.290. The van der Waals surface area contributed by atoms with Crippen LogP contribution in [0, 0.1) is 11.6 Å². The van der Waals surface area contributed by atoms with Crippen molar-refractivity contribution in [1.29, 1.82) is 0 Å². The van der Waals surface area contributed by atoms with E-state index in [1.165, 1.54) is 24.3 Å². The van der Waals surface area contributed by atoms with Crippen molar-refractivity contribution in [3.8, 4) is 11.1 Å². The van der Waals surface area contributed by atoms with Gasteiger partial charge < -0.3 is 15.2 Å². The summed E-state index contributed by atoms with van der Waals surface area (Å²) in [4.78, 5) is 18.0. The van der Waals surface area contributed by atoms with Crippen molar-refractivity contribution in [1.82, 2.24) is 14.0 Å². The van der Waals surface area contributed by atoms with Gasteiger partial charge in [0.2, 0.25) is 0 Å². The van der Waals surface area contributed by atoms with Gasteiger partial charge in [-0.15, -0.1) is 0 Å². The molecule has 0 unspecified atom stereocenters. The second kappa shape index (κ2) is 9.54. The summed E-state index contributed by atoms with van der Waals surface area (Å²) in [6.07, 6.45) is 6.40. The zero-order chi connectivity index (χ0) is 25.4. The van der Waals surface area contributed by atoms with E-state index in [-0.39, 0.29) is 17.5 Å². The van der Waals surface area contributed by atoms with Crippen LogP contribution in [0.1, 0.15) is 34.6 Å². The number of nitrogens with zero attached hydrogens (tertiary/aromatic N) is 3. The Kier molecular flexibility index (Phi) is 5.92. The fraction of sp³-hybridized carbons (Fsp3) is 0.172. The summed E-state index contributed by atoms with van der Waals surface area (Å²) in [5.74, 6) is -0.430. The maximum absolute atomic E-state index is 13.8. The van der Waals surface area contributed by atoms with Gasteiger partial charge in [-0.25, -0.2) is 13.8 Å². The lowest BCUT2D eigenvalue weighted by molar-refractivity contribution is 0.102. The zero-order valence-electron chi connectivity index (χ0n) is 20.0. The Hall–Kier alpha value is -4.46. The number of hydrogen-bond acceptors (Lipinski definition) is 3. The van der Waals surface area contributed by atoms with E-state index in [2.05, 4.69) is 20.2 Å². The Balaban J connectivity index is 1.49. The number of pyridine rings is 1. The molecule has 0 saturated heterocycles. The lowest BCUT2D eigenvalue weighted by atomic mass is 9.97. The standard InChI is InChI=1S/C29H25F2N5O/c30-20-9-7-19(8-10-20)26-24-5-2-4-16-35-23(17-33-22-13-11-21(31)12-14-22)18-36(29(24)35)27(26)28(37)34-25-6-1-3-15-32-25/h1,3,6-15,18,33H,2,4-5,16-17H2,(H,32,34,37). The van der Waals surface area contributed by atoms with E-state index < -0.39 is 0 Å². The molecule has 8 heteroatoms. The normalized spacial score (nSPS) is 12.9. The number of aryl methyl sites for hydroxylation is 2. The molecule has 2 aromatic carbocycles. The first-order chi connectivity index (χ1) is 18.1. The SMILES string of the molecule is O=C(Nc1ccccn1)c1c(-c2ccc(F)cc2)c2c3n(c(CNc4ccc(F)cc4)cn13)CCCC2. The highest BCUT2D eigenvalue weighted by Gasteiger charge is 2.29. The highest BCUT2D eigenvalue weighted by atomic mass is 19.1. The summed E-state index contributed by atoms with van der Waals surface area (Å²) < 4.78 is 31.3. The predicted molar refractivity (Wildman–Crippen MR) is 140 cm³/mol. The van der Waals surface area contributed by atoms with Crippen molar-refractivity contribution >= 4 is 23.1 Å². The van der Waals surface area contributed by atoms with Gasteiger partial charge in [-0.2, -0.15) is 0 Å². The third-order valence-corrected chi connectivity index (χ3v) is 6.79. The number of hydrogen-bond donors (Lipinski definition) is 2. The van der Waals surface area contributed by atoms with E-state index in [0.717, 1.165) is 59.5 Å². The number of rotatable bonds is 6. The molecular weight excluding hydrogens is 472 g/mol. The molecule has 0 aliphatic carbocycles. The van der Waals surface area contributed by atoms with Crippen molar-refractivity contribution in [2.75, 3.05) is 10.6 Å². The molecule has 0 fully saturated rings. The van der Waals surface area contributed by atoms with Crippen LogP contribution >= 0.6 is 0 Å². The van der Waals surface area contributed by atoms with Crippen molar-refractivity contribution in [3.05, 3.63) is 108 Å². The maximum atomic E-state index is 13.8. The molecule has 6 rings (SSSR count). The lowest BCUT2D eigenvalue weighted by Crippen LogP contribution is -2.16. The molecule has 1 aliphatic rings. The lowest BCUT2D eigenvalue weighted by Gasteiger charge is -2.11. The molecule has 2 N–H and O–H groups in total. The van der Waals surface area contributed by atoms with Gasteiger partial charge in [0, 0.05) is 35.8 Å². The minimum Gasteiger partial charge on any atom is -0.379 e. The molecule has 0 atom stereocenters. The Morgan fingerprint density at radius 1 is 0.946 bits per heavy atom. The van der Waals surface area contributed by atoms with Gasteiger partial charge in [0.1, 0.15) is 28.8 Å². The van der Waals surface area contributed by atoms with Gasteiger partial charge in [0.25, 0.3) is 5.91 Å². The van der Waals surface area contributed by atoms with Crippen molar-refractivity contribution in [3.63, 3.8) is 0 Å². The molecule has 186 valence electrons. The van der Waals surface area contributed by atoms with E-state index in [1.54, 1.807) is 42.6 Å². The molecule has 0 saturated carbocycles. The summed E-state index contributed by atoms with van der Waals surface area (Å²) in [6, 6.07) is 17.9. The largest absolute Gasteiger partial charge is 0.379 e. The van der Waals surface area contributed by atoms with Crippen LogP contribution < -0.4 is 10.6 Å². The fourth-order valence-electron chi connectivity index (χ4n) is 5.12. The van der Waals surface area contributed by atoms with Gasteiger partial charge in [-0.05, 0) is 73.4 Å². The number of anilines is 2. The summed E-state index contributed by atoms with van der Waals surface area (Å²) in [6.45, 7) is 1.33. The number of benzene rings is 2. The first kappa shape index (κ1) is 23.0. The van der Waals surface area contributed by atoms with E-state index in [1.807, 2.05) is 16.7 Å². The van der Waals surface area contributed by atoms with Crippen molar-refractivity contribution < 1.29 is 13.6 Å². The molecule has 1 amide bonds. The van der Waals surface area contributed by atoms with E-state index in [9.17, 15) is 13.6 Å². The smallest absolute Gasteiger partial charge is 0.274 e. The average molecular weight is 498 g/mol. The van der Waals surface area contributed by atoms with Crippen molar-refractivity contribution in [2.45, 2.75) is 32.4 Å². The number of aromatic nitrogens is 3. The predicted octanol–water partition coefficient (Wildman–Crippen LogP) is 6.28. The molecule has 6 nitrogen and oxygen atoms in total.